The van der Waals surface area contributed by atoms with Crippen LogP contribution in [0, 0.1) is 6.92 Å². The van der Waals surface area contributed by atoms with Crippen molar-refractivity contribution in [2.24, 2.45) is 0 Å². The van der Waals surface area contributed by atoms with Gasteiger partial charge in [0.15, 0.2) is 11.5 Å². The smallest absolute Gasteiger partial charge is 0.337 e. The second-order valence-electron chi connectivity index (χ2n) is 6.77. The molecule has 0 atom stereocenters. The highest BCUT2D eigenvalue weighted by atomic mass is 16.5. The minimum absolute atomic E-state index is 0.0809. The Bertz CT molecular complexity index is 849. The molecule has 29 heavy (non-hydrogen) atoms. The molecule has 156 valence electrons. The van der Waals surface area contributed by atoms with E-state index in [1.807, 2.05) is 31.0 Å². The van der Waals surface area contributed by atoms with E-state index in [-0.39, 0.29) is 18.4 Å². The molecule has 0 fully saturated rings. The number of hydrogen-bond acceptors (Lipinski definition) is 6. The molecule has 0 unspecified atom stereocenters. The van der Waals surface area contributed by atoms with Crippen molar-refractivity contribution in [3.05, 3.63) is 58.7 Å². The zero-order valence-electron chi connectivity index (χ0n) is 17.6. The fourth-order valence-corrected chi connectivity index (χ4v) is 2.92. The van der Waals surface area contributed by atoms with E-state index in [9.17, 15) is 9.59 Å². The fourth-order valence-electron chi connectivity index (χ4n) is 2.92. The van der Waals surface area contributed by atoms with Gasteiger partial charge in [-0.1, -0.05) is 12.1 Å². The molecule has 0 bridgehead atoms. The second-order valence-corrected chi connectivity index (χ2v) is 6.77. The van der Waals surface area contributed by atoms with Crippen LogP contribution in [0.25, 0.3) is 0 Å². The highest BCUT2D eigenvalue weighted by Gasteiger charge is 2.12. The average molecular weight is 400 g/mol. The van der Waals surface area contributed by atoms with Crippen LogP contribution in [0.15, 0.2) is 36.4 Å². The Labute approximate surface area is 171 Å². The first-order valence-electron chi connectivity index (χ1n) is 9.22. The minimum atomic E-state index is -0.382. The van der Waals surface area contributed by atoms with Gasteiger partial charge >= 0.3 is 5.97 Å². The van der Waals surface area contributed by atoms with Crippen molar-refractivity contribution in [3.63, 3.8) is 0 Å². The van der Waals surface area contributed by atoms with Gasteiger partial charge in [0.1, 0.15) is 0 Å². The number of carbonyl (C=O) groups is 2. The Hall–Kier alpha value is -3.06. The predicted octanol–water partition coefficient (Wildman–Crippen LogP) is 2.55. The van der Waals surface area contributed by atoms with Crippen LogP contribution in [0.5, 0.6) is 11.5 Å². The number of aryl methyl sites for hydroxylation is 1. The predicted molar refractivity (Wildman–Crippen MR) is 110 cm³/mol. The molecule has 0 aliphatic carbocycles. The first-order valence-corrected chi connectivity index (χ1v) is 9.22. The molecule has 0 saturated carbocycles. The SMILES string of the molecule is COC(=O)c1ccc(CNC(=O)CN(C)Cc2cc(OC)c(OC)cc2C)cc1. The molecular formula is C22H28N2O5. The molecule has 2 aromatic rings. The zero-order valence-corrected chi connectivity index (χ0v) is 17.6. The van der Waals surface area contributed by atoms with Gasteiger partial charge in [0.2, 0.25) is 5.91 Å². The molecule has 2 aromatic carbocycles. The lowest BCUT2D eigenvalue weighted by molar-refractivity contribution is -0.122. The number of rotatable bonds is 9. The largest absolute Gasteiger partial charge is 0.493 e. The third-order valence-electron chi connectivity index (χ3n) is 4.56. The number of nitrogens with zero attached hydrogens (tertiary/aromatic N) is 1. The summed E-state index contributed by atoms with van der Waals surface area (Å²) in [5.41, 5.74) is 3.52. The molecule has 0 aliphatic rings. The number of amides is 1. The van der Waals surface area contributed by atoms with Crippen LogP contribution < -0.4 is 14.8 Å². The number of likely N-dealkylation sites (N-methyl/N-ethyl adjacent to an activating group) is 1. The maximum absolute atomic E-state index is 12.3. The van der Waals surface area contributed by atoms with Gasteiger partial charge in [0, 0.05) is 13.1 Å². The van der Waals surface area contributed by atoms with Crippen molar-refractivity contribution >= 4 is 11.9 Å². The molecule has 0 radical (unpaired) electrons. The third-order valence-corrected chi connectivity index (χ3v) is 4.56. The number of benzene rings is 2. The molecule has 0 heterocycles. The van der Waals surface area contributed by atoms with Crippen molar-refractivity contribution < 1.29 is 23.8 Å². The molecule has 0 aromatic heterocycles. The lowest BCUT2D eigenvalue weighted by Gasteiger charge is -2.19. The highest BCUT2D eigenvalue weighted by Crippen LogP contribution is 2.30. The van der Waals surface area contributed by atoms with E-state index in [4.69, 9.17) is 9.47 Å². The number of esters is 1. The topological polar surface area (TPSA) is 77.1 Å². The molecule has 0 aliphatic heterocycles. The lowest BCUT2D eigenvalue weighted by Crippen LogP contribution is -2.34. The quantitative estimate of drug-likeness (QED) is 0.652. The van der Waals surface area contributed by atoms with Gasteiger partial charge in [0.25, 0.3) is 0 Å². The Balaban J connectivity index is 1.88. The van der Waals surface area contributed by atoms with Crippen molar-refractivity contribution in [2.75, 3.05) is 34.9 Å². The number of hydrogen-bond donors (Lipinski definition) is 1. The Morgan fingerprint density at radius 3 is 2.21 bits per heavy atom. The van der Waals surface area contributed by atoms with E-state index in [0.29, 0.717) is 30.2 Å². The van der Waals surface area contributed by atoms with Crippen molar-refractivity contribution in [2.45, 2.75) is 20.0 Å². The van der Waals surface area contributed by atoms with Crippen LogP contribution in [0.3, 0.4) is 0 Å². The van der Waals surface area contributed by atoms with Crippen LogP contribution in [-0.4, -0.2) is 51.7 Å². The standard InChI is InChI=1S/C22H28N2O5/c1-15-10-19(27-3)20(28-4)11-18(15)13-24(2)14-21(25)23-12-16-6-8-17(9-7-16)22(26)29-5/h6-11H,12-14H2,1-5H3,(H,23,25). The van der Waals surface area contributed by atoms with Crippen molar-refractivity contribution in [1.29, 1.82) is 0 Å². The number of methoxy groups -OCH3 is 3. The highest BCUT2D eigenvalue weighted by molar-refractivity contribution is 5.89. The van der Waals surface area contributed by atoms with E-state index < -0.39 is 0 Å². The maximum Gasteiger partial charge on any atom is 0.337 e. The summed E-state index contributed by atoms with van der Waals surface area (Å²) in [6.45, 7) is 3.26. The van der Waals surface area contributed by atoms with Gasteiger partial charge in [-0.05, 0) is 54.9 Å². The number of nitrogens with one attached hydrogen (secondary N) is 1. The minimum Gasteiger partial charge on any atom is -0.493 e. The summed E-state index contributed by atoms with van der Waals surface area (Å²) < 4.78 is 15.3. The van der Waals surface area contributed by atoms with Crippen LogP contribution >= 0.6 is 0 Å². The summed E-state index contributed by atoms with van der Waals surface area (Å²) >= 11 is 0. The summed E-state index contributed by atoms with van der Waals surface area (Å²) in [5, 5.41) is 2.89. The first kappa shape index (κ1) is 22.2. The molecule has 7 heteroatoms. The van der Waals surface area contributed by atoms with Crippen LogP contribution in [0.1, 0.15) is 27.0 Å². The summed E-state index contributed by atoms with van der Waals surface area (Å²) in [7, 11) is 6.44. The van der Waals surface area contributed by atoms with Gasteiger partial charge in [-0.25, -0.2) is 4.79 Å². The third kappa shape index (κ3) is 6.22. The normalized spacial score (nSPS) is 10.6. The van der Waals surface area contributed by atoms with E-state index in [0.717, 1.165) is 16.7 Å². The van der Waals surface area contributed by atoms with Crippen LogP contribution in [-0.2, 0) is 22.6 Å². The fraction of sp³-hybridized carbons (Fsp3) is 0.364. The average Bonchev–Trinajstić information content (AvgIpc) is 2.73. The molecular weight excluding hydrogens is 372 g/mol. The van der Waals surface area contributed by atoms with Crippen molar-refractivity contribution in [1.82, 2.24) is 10.2 Å². The van der Waals surface area contributed by atoms with E-state index in [2.05, 4.69) is 10.1 Å². The maximum atomic E-state index is 12.3. The van der Waals surface area contributed by atoms with Crippen molar-refractivity contribution in [3.8, 4) is 11.5 Å². The molecule has 1 amide bonds. The molecule has 2 rings (SSSR count). The van der Waals surface area contributed by atoms with Gasteiger partial charge in [-0.2, -0.15) is 0 Å². The Morgan fingerprint density at radius 1 is 1.00 bits per heavy atom. The molecule has 1 N–H and O–H groups in total. The lowest BCUT2D eigenvalue weighted by atomic mass is 10.1. The van der Waals surface area contributed by atoms with E-state index >= 15 is 0 Å². The van der Waals surface area contributed by atoms with Crippen LogP contribution in [0.4, 0.5) is 0 Å². The number of ether oxygens (including phenoxy) is 3. The monoisotopic (exact) mass is 400 g/mol. The molecule has 0 saturated heterocycles. The summed E-state index contributed by atoms with van der Waals surface area (Å²) in [6.07, 6.45) is 0. The van der Waals surface area contributed by atoms with E-state index in [1.54, 1.807) is 38.5 Å². The summed E-state index contributed by atoms with van der Waals surface area (Å²) in [5.74, 6) is 0.893. The first-order chi connectivity index (χ1) is 13.9. The van der Waals surface area contributed by atoms with E-state index in [1.165, 1.54) is 7.11 Å². The van der Waals surface area contributed by atoms with Gasteiger partial charge in [-0.3, -0.25) is 9.69 Å². The zero-order chi connectivity index (χ0) is 21.4. The Kier molecular flexibility index (Phi) is 8.03. The molecule has 7 nitrogen and oxygen atoms in total. The summed E-state index contributed by atoms with van der Waals surface area (Å²) in [4.78, 5) is 25.7. The van der Waals surface area contributed by atoms with Gasteiger partial charge in [0.05, 0.1) is 33.4 Å². The van der Waals surface area contributed by atoms with Crippen LogP contribution in [0.2, 0.25) is 0 Å². The second kappa shape index (κ2) is 10.5. The van der Waals surface area contributed by atoms with Gasteiger partial charge in [-0.15, -0.1) is 0 Å². The Morgan fingerprint density at radius 2 is 1.62 bits per heavy atom. The number of carbonyl (C=O) groups excluding carboxylic acids is 2. The summed E-state index contributed by atoms with van der Waals surface area (Å²) in [6, 6.07) is 10.8. The van der Waals surface area contributed by atoms with Gasteiger partial charge < -0.3 is 19.5 Å². The molecule has 0 spiro atoms.